The summed E-state index contributed by atoms with van der Waals surface area (Å²) in [5, 5.41) is 12.8. The number of carbonyl (C=O) groups excluding carboxylic acids is 1. The Morgan fingerprint density at radius 3 is 2.69 bits per heavy atom. The number of rotatable bonds is 8. The standard InChI is InChI=1S/C27H28F4N8O3/c1-14(40)37-25-22-26(35-12-34-25)39(13-36-22)10-15-6-19(16-7-18(29)21(42-2)8-17(16)28)33-9-20(15)38-5-3-4-27(32,11-38)23(41)24(30)31/h6-9,12-13,23-24,41H,3-5,10-11,32H2,1-2H3,(H,34,35,37,40)/t23-,27-/m1/s1. The molecule has 2 atom stereocenters. The highest BCUT2D eigenvalue weighted by molar-refractivity contribution is 5.95. The monoisotopic (exact) mass is 588 g/mol. The molecule has 4 N–H and O–H groups in total. The van der Waals surface area contributed by atoms with Crippen LogP contribution in [0.2, 0.25) is 0 Å². The lowest BCUT2D eigenvalue weighted by atomic mass is 9.84. The minimum absolute atomic E-state index is 0.0869. The number of imidazole rings is 1. The molecule has 4 heterocycles. The second-order valence-electron chi connectivity index (χ2n) is 10.2. The highest BCUT2D eigenvalue weighted by Crippen LogP contribution is 2.35. The van der Waals surface area contributed by atoms with Gasteiger partial charge < -0.3 is 30.4 Å². The number of nitrogens with zero attached hydrogens (tertiary/aromatic N) is 6. The molecule has 0 spiro atoms. The Labute approximate surface area is 237 Å². The van der Waals surface area contributed by atoms with Crippen LogP contribution in [0.5, 0.6) is 5.75 Å². The van der Waals surface area contributed by atoms with Crippen molar-refractivity contribution in [2.24, 2.45) is 5.73 Å². The second kappa shape index (κ2) is 11.5. The molecule has 0 aliphatic carbocycles. The van der Waals surface area contributed by atoms with Crippen molar-refractivity contribution in [2.75, 3.05) is 30.4 Å². The van der Waals surface area contributed by atoms with Gasteiger partial charge in [0.05, 0.1) is 43.1 Å². The minimum Gasteiger partial charge on any atom is -0.494 e. The van der Waals surface area contributed by atoms with Crippen LogP contribution in [0.1, 0.15) is 25.3 Å². The number of pyridine rings is 1. The van der Waals surface area contributed by atoms with E-state index in [9.17, 15) is 23.1 Å². The first-order chi connectivity index (χ1) is 20.0. The van der Waals surface area contributed by atoms with Gasteiger partial charge >= 0.3 is 0 Å². The molecule has 1 amide bonds. The number of fused-ring (bicyclic) bond motifs is 1. The topological polar surface area (TPSA) is 144 Å². The summed E-state index contributed by atoms with van der Waals surface area (Å²) in [5.74, 6) is -1.95. The van der Waals surface area contributed by atoms with Crippen molar-refractivity contribution in [3.63, 3.8) is 0 Å². The molecule has 0 saturated carbocycles. The van der Waals surface area contributed by atoms with Gasteiger partial charge in [-0.3, -0.25) is 9.78 Å². The number of nitrogens with one attached hydrogen (secondary N) is 1. The lowest BCUT2D eigenvalue weighted by molar-refractivity contribution is -0.114. The Hall–Kier alpha value is -4.37. The lowest BCUT2D eigenvalue weighted by Gasteiger charge is -2.44. The van der Waals surface area contributed by atoms with Gasteiger partial charge in [-0.2, -0.15) is 0 Å². The summed E-state index contributed by atoms with van der Waals surface area (Å²) in [6.07, 6.45) is -0.302. The van der Waals surface area contributed by atoms with Crippen LogP contribution < -0.4 is 20.7 Å². The van der Waals surface area contributed by atoms with Gasteiger partial charge in [-0.25, -0.2) is 32.5 Å². The highest BCUT2D eigenvalue weighted by Gasteiger charge is 2.43. The van der Waals surface area contributed by atoms with E-state index >= 15 is 4.39 Å². The molecule has 5 rings (SSSR count). The predicted octanol–water partition coefficient (Wildman–Crippen LogP) is 3.11. The van der Waals surface area contributed by atoms with E-state index in [0.29, 0.717) is 35.4 Å². The fourth-order valence-electron chi connectivity index (χ4n) is 5.18. The molecule has 0 bridgehead atoms. The van der Waals surface area contributed by atoms with Crippen molar-refractivity contribution in [2.45, 2.75) is 44.4 Å². The number of aliphatic hydroxyl groups excluding tert-OH is 1. The third-order valence-corrected chi connectivity index (χ3v) is 7.24. The van der Waals surface area contributed by atoms with E-state index in [4.69, 9.17) is 10.5 Å². The fraction of sp³-hybridized carbons (Fsp3) is 0.370. The highest BCUT2D eigenvalue weighted by atomic mass is 19.3. The number of alkyl halides is 2. The first kappa shape index (κ1) is 29.1. The number of hydrogen-bond acceptors (Lipinski definition) is 9. The van der Waals surface area contributed by atoms with Gasteiger partial charge in [-0.15, -0.1) is 0 Å². The number of hydrogen-bond donors (Lipinski definition) is 3. The summed E-state index contributed by atoms with van der Waals surface area (Å²) in [6, 6.07) is 3.45. The Balaban J connectivity index is 1.60. The van der Waals surface area contributed by atoms with Crippen LogP contribution in [0.15, 0.2) is 37.1 Å². The zero-order valence-corrected chi connectivity index (χ0v) is 22.7. The largest absolute Gasteiger partial charge is 0.494 e. The Morgan fingerprint density at radius 2 is 1.98 bits per heavy atom. The SMILES string of the molecule is COc1cc(F)c(-c2cc(Cn3cnc4c(NC(C)=O)ncnc43)c(N3CCC[C@](N)([C@H](O)C(F)F)C3)cn2)cc1F. The van der Waals surface area contributed by atoms with Crippen LogP contribution >= 0.6 is 0 Å². The molecule has 15 heteroatoms. The number of halogens is 4. The quantitative estimate of drug-likeness (QED) is 0.265. The van der Waals surface area contributed by atoms with E-state index < -0.39 is 29.7 Å². The first-order valence-corrected chi connectivity index (χ1v) is 13.0. The molecule has 0 unspecified atom stereocenters. The molecule has 1 aliphatic heterocycles. The van der Waals surface area contributed by atoms with Crippen LogP contribution in [0.3, 0.4) is 0 Å². The predicted molar refractivity (Wildman–Crippen MR) is 145 cm³/mol. The molecule has 1 saturated heterocycles. The number of carbonyl (C=O) groups is 1. The van der Waals surface area contributed by atoms with Crippen LogP contribution in [0.4, 0.5) is 29.1 Å². The maximum Gasteiger partial charge on any atom is 0.265 e. The fourth-order valence-corrected chi connectivity index (χ4v) is 5.18. The number of amides is 1. The van der Waals surface area contributed by atoms with Gasteiger partial charge in [0.2, 0.25) is 5.91 Å². The Morgan fingerprint density at radius 1 is 1.19 bits per heavy atom. The van der Waals surface area contributed by atoms with E-state index in [-0.39, 0.29) is 48.2 Å². The van der Waals surface area contributed by atoms with Crippen molar-refractivity contribution in [1.29, 1.82) is 0 Å². The average Bonchev–Trinajstić information content (AvgIpc) is 3.37. The number of methoxy groups -OCH3 is 1. The summed E-state index contributed by atoms with van der Waals surface area (Å²) < 4.78 is 63.0. The molecule has 222 valence electrons. The molecule has 1 fully saturated rings. The van der Waals surface area contributed by atoms with Gasteiger partial charge in [-0.1, -0.05) is 0 Å². The first-order valence-electron chi connectivity index (χ1n) is 13.0. The molecular formula is C27H28F4N8O3. The molecular weight excluding hydrogens is 560 g/mol. The summed E-state index contributed by atoms with van der Waals surface area (Å²) >= 11 is 0. The van der Waals surface area contributed by atoms with Crippen molar-refractivity contribution < 1.29 is 32.2 Å². The van der Waals surface area contributed by atoms with E-state index in [0.717, 1.165) is 12.1 Å². The Bertz CT molecular complexity index is 1630. The number of aromatic nitrogens is 5. The molecule has 1 aromatic carbocycles. The zero-order valence-electron chi connectivity index (χ0n) is 22.7. The maximum absolute atomic E-state index is 15.0. The third-order valence-electron chi connectivity index (χ3n) is 7.24. The summed E-state index contributed by atoms with van der Waals surface area (Å²) in [7, 11) is 1.22. The molecule has 1 aliphatic rings. The van der Waals surface area contributed by atoms with Crippen LogP contribution in [-0.2, 0) is 11.3 Å². The van der Waals surface area contributed by atoms with E-state index in [1.165, 1.54) is 32.9 Å². The minimum atomic E-state index is -3.03. The van der Waals surface area contributed by atoms with Crippen LogP contribution in [-0.4, -0.2) is 73.8 Å². The lowest BCUT2D eigenvalue weighted by Crippen LogP contribution is -2.63. The molecule has 3 aromatic heterocycles. The number of nitrogens with two attached hydrogens (primary N) is 1. The van der Waals surface area contributed by atoms with Gasteiger partial charge in [0.25, 0.3) is 6.43 Å². The smallest absolute Gasteiger partial charge is 0.265 e. The number of piperidine rings is 1. The van der Waals surface area contributed by atoms with Crippen LogP contribution in [0, 0.1) is 11.6 Å². The van der Waals surface area contributed by atoms with Gasteiger partial charge in [-0.05, 0) is 30.5 Å². The van der Waals surface area contributed by atoms with Gasteiger partial charge in [0.15, 0.2) is 28.5 Å². The number of ether oxygens (including phenoxy) is 1. The second-order valence-corrected chi connectivity index (χ2v) is 10.2. The summed E-state index contributed by atoms with van der Waals surface area (Å²) in [5.41, 5.74) is 6.39. The zero-order chi connectivity index (χ0) is 30.2. The number of anilines is 2. The number of benzene rings is 1. The van der Waals surface area contributed by atoms with Crippen molar-refractivity contribution >= 4 is 28.6 Å². The summed E-state index contributed by atoms with van der Waals surface area (Å²) in [6.45, 7) is 1.74. The maximum atomic E-state index is 15.0. The molecule has 4 aromatic rings. The molecule has 0 radical (unpaired) electrons. The number of aliphatic hydroxyl groups is 1. The van der Waals surface area contributed by atoms with E-state index in [1.807, 2.05) is 0 Å². The summed E-state index contributed by atoms with van der Waals surface area (Å²) in [4.78, 5) is 30.4. The third kappa shape index (κ3) is 5.56. The van der Waals surface area contributed by atoms with Crippen molar-refractivity contribution in [3.8, 4) is 17.0 Å². The van der Waals surface area contributed by atoms with E-state index in [1.54, 1.807) is 15.5 Å². The molecule has 42 heavy (non-hydrogen) atoms. The Kier molecular flexibility index (Phi) is 7.97. The van der Waals surface area contributed by atoms with E-state index in [2.05, 4.69) is 25.3 Å². The average molecular weight is 589 g/mol. The normalized spacial score (nSPS) is 18.0. The van der Waals surface area contributed by atoms with Gasteiger partial charge in [0.1, 0.15) is 18.2 Å². The van der Waals surface area contributed by atoms with Crippen molar-refractivity contribution in [3.05, 3.63) is 54.2 Å². The van der Waals surface area contributed by atoms with Crippen molar-refractivity contribution in [1.82, 2.24) is 24.5 Å². The molecule has 11 nitrogen and oxygen atoms in total. The van der Waals surface area contributed by atoms with Gasteiger partial charge in [0, 0.05) is 31.6 Å². The van der Waals surface area contributed by atoms with Crippen LogP contribution in [0.25, 0.3) is 22.4 Å².